The maximum absolute atomic E-state index is 14.1. The zero-order chi connectivity index (χ0) is 26.2. The number of fused-ring (bicyclic) bond motifs is 2. The van der Waals surface area contributed by atoms with Gasteiger partial charge in [-0.3, -0.25) is 9.69 Å². The van der Waals surface area contributed by atoms with E-state index in [0.717, 1.165) is 26.4 Å². The smallest absolute Gasteiger partial charge is 0.303 e. The molecule has 12 heteroatoms. The molecule has 0 unspecified atom stereocenters. The lowest BCUT2D eigenvalue weighted by molar-refractivity contribution is -0.182. The molecule has 2 atom stereocenters. The lowest BCUT2D eigenvalue weighted by atomic mass is 9.99. The predicted molar refractivity (Wildman–Crippen MR) is 132 cm³/mol. The number of ether oxygens (including phenoxy) is 1. The minimum Gasteiger partial charge on any atom is -0.372 e. The van der Waals surface area contributed by atoms with Gasteiger partial charge in [0.05, 0.1) is 30.1 Å². The maximum Gasteiger partial charge on any atom is 0.303 e. The normalized spacial score (nSPS) is 19.3. The Morgan fingerprint density at radius 1 is 1.16 bits per heavy atom. The summed E-state index contributed by atoms with van der Waals surface area (Å²) in [5.74, 6) is -2.91. The summed E-state index contributed by atoms with van der Waals surface area (Å²) in [5.41, 5.74) is 2.16. The van der Waals surface area contributed by atoms with Crippen LogP contribution in [0.25, 0.3) is 11.3 Å². The van der Waals surface area contributed by atoms with Crippen LogP contribution in [0.15, 0.2) is 30.6 Å². The van der Waals surface area contributed by atoms with Gasteiger partial charge in [-0.15, -0.1) is 0 Å². The second kappa shape index (κ2) is 10.0. The molecule has 3 saturated heterocycles. The highest BCUT2D eigenvalue weighted by Crippen LogP contribution is 2.32. The number of amides is 1. The van der Waals surface area contributed by atoms with Crippen molar-refractivity contribution in [1.29, 1.82) is 0 Å². The highest BCUT2D eigenvalue weighted by molar-refractivity contribution is 5.89. The number of halogens is 2. The van der Waals surface area contributed by atoms with Crippen LogP contribution in [-0.2, 0) is 28.4 Å². The molecule has 194 valence electrons. The Kier molecular flexibility index (Phi) is 6.78. The topological polar surface area (TPSA) is 118 Å². The maximum atomic E-state index is 14.1. The van der Waals surface area contributed by atoms with E-state index in [1.807, 2.05) is 6.92 Å². The Labute approximate surface area is 212 Å². The van der Waals surface area contributed by atoms with Crippen molar-refractivity contribution >= 4 is 23.2 Å². The van der Waals surface area contributed by atoms with Gasteiger partial charge in [-0.2, -0.15) is 8.78 Å². The Balaban J connectivity index is 1.48. The Morgan fingerprint density at radius 2 is 1.92 bits per heavy atom. The molecular weight excluding hydrogens is 482 g/mol. The van der Waals surface area contributed by atoms with Gasteiger partial charge in [-0.25, -0.2) is 24.9 Å². The molecule has 3 aliphatic rings. The van der Waals surface area contributed by atoms with Crippen molar-refractivity contribution in [3.8, 4) is 11.3 Å². The lowest BCUT2D eigenvalue weighted by Gasteiger charge is -2.46. The number of piperidine rings is 1. The van der Waals surface area contributed by atoms with Crippen LogP contribution in [0, 0.1) is 0 Å². The fourth-order valence-electron chi connectivity index (χ4n) is 4.48. The van der Waals surface area contributed by atoms with E-state index in [9.17, 15) is 13.6 Å². The molecule has 3 fully saturated rings. The molecule has 3 aromatic heterocycles. The second-order valence-corrected chi connectivity index (χ2v) is 9.40. The van der Waals surface area contributed by atoms with E-state index >= 15 is 0 Å². The molecule has 0 spiro atoms. The van der Waals surface area contributed by atoms with Crippen LogP contribution in [0.2, 0.25) is 0 Å². The first kappa shape index (κ1) is 25.0. The summed E-state index contributed by atoms with van der Waals surface area (Å²) < 4.78 is 33.8. The third-order valence-corrected chi connectivity index (χ3v) is 6.19. The van der Waals surface area contributed by atoms with E-state index in [1.54, 1.807) is 30.6 Å². The van der Waals surface area contributed by atoms with E-state index in [1.165, 1.54) is 6.92 Å². The van der Waals surface area contributed by atoms with Crippen molar-refractivity contribution in [1.82, 2.24) is 29.8 Å². The van der Waals surface area contributed by atoms with Crippen molar-refractivity contribution in [3.05, 3.63) is 47.9 Å². The number of aromatic nitrogens is 5. The highest BCUT2D eigenvalue weighted by atomic mass is 19.3. The number of nitrogens with zero attached hydrogens (tertiary/aromatic N) is 6. The molecule has 2 bridgehead atoms. The van der Waals surface area contributed by atoms with E-state index in [-0.39, 0.29) is 23.9 Å². The van der Waals surface area contributed by atoms with Crippen LogP contribution in [-0.4, -0.2) is 61.0 Å². The summed E-state index contributed by atoms with van der Waals surface area (Å²) in [6.45, 7) is 6.26. The van der Waals surface area contributed by atoms with Gasteiger partial charge in [0, 0.05) is 69.1 Å². The van der Waals surface area contributed by atoms with Crippen molar-refractivity contribution in [2.75, 3.05) is 23.7 Å². The Hall–Kier alpha value is -3.64. The van der Waals surface area contributed by atoms with Gasteiger partial charge in [0.1, 0.15) is 17.5 Å². The molecule has 0 saturated carbocycles. The number of aryl methyl sites for hydroxylation is 1. The minimum absolute atomic E-state index is 0.200. The Morgan fingerprint density at radius 3 is 2.59 bits per heavy atom. The van der Waals surface area contributed by atoms with Crippen LogP contribution in [0.3, 0.4) is 0 Å². The molecule has 0 radical (unpaired) electrons. The first-order chi connectivity index (χ1) is 17.7. The molecule has 2 N–H and O–H groups in total. The van der Waals surface area contributed by atoms with Crippen molar-refractivity contribution < 1.29 is 18.3 Å². The predicted octanol–water partition coefficient (Wildman–Crippen LogP) is 3.68. The van der Waals surface area contributed by atoms with E-state index in [2.05, 4.69) is 35.5 Å². The summed E-state index contributed by atoms with van der Waals surface area (Å²) in [6, 6.07) is 4.99. The number of hydrogen-bond donors (Lipinski definition) is 2. The Bertz CT molecular complexity index is 1300. The SMILES string of the molecule is CCc1cc(Nc2cc(NC(C)=O)ncc2-c2ccnc(CN3C[C@H]4C[C@@H](C3)O4)n2)nc(C(C)(F)F)n1. The number of anilines is 3. The van der Waals surface area contributed by atoms with Crippen LogP contribution in [0.4, 0.5) is 26.1 Å². The summed E-state index contributed by atoms with van der Waals surface area (Å²) in [4.78, 5) is 35.4. The van der Waals surface area contributed by atoms with Gasteiger partial charge >= 0.3 is 5.92 Å². The van der Waals surface area contributed by atoms with Crippen molar-refractivity contribution in [2.45, 2.75) is 58.3 Å². The van der Waals surface area contributed by atoms with Crippen molar-refractivity contribution in [2.24, 2.45) is 0 Å². The van der Waals surface area contributed by atoms with Crippen LogP contribution in [0.5, 0.6) is 0 Å². The summed E-state index contributed by atoms with van der Waals surface area (Å²) in [7, 11) is 0. The standard InChI is InChI=1S/C25H28F2N8O2/c1-4-15-7-22(34-24(31-15)25(3,26)27)33-20-9-21(30-14(2)36)29-10-18(20)19-5-6-28-23(32-19)13-35-11-16-8-17(12-35)37-16/h5-7,9-10,16-17H,4,8,11-13H2,1-3H3,(H2,29,30,31,33,34,36)/t16-,17+. The molecule has 1 amide bonds. The first-order valence-electron chi connectivity index (χ1n) is 12.2. The fourth-order valence-corrected chi connectivity index (χ4v) is 4.48. The van der Waals surface area contributed by atoms with Gasteiger partial charge in [0.25, 0.3) is 0 Å². The molecule has 37 heavy (non-hydrogen) atoms. The fraction of sp³-hybridized carbons (Fsp3) is 0.440. The van der Waals surface area contributed by atoms with Crippen LogP contribution < -0.4 is 10.6 Å². The minimum atomic E-state index is -3.20. The number of morpholine rings is 1. The highest BCUT2D eigenvalue weighted by Gasteiger charge is 2.38. The number of pyridine rings is 1. The van der Waals surface area contributed by atoms with Crippen LogP contribution in [0.1, 0.15) is 44.5 Å². The number of rotatable bonds is 8. The lowest BCUT2D eigenvalue weighted by Crippen LogP contribution is -2.56. The van der Waals surface area contributed by atoms with Gasteiger partial charge in [0.15, 0.2) is 0 Å². The van der Waals surface area contributed by atoms with Gasteiger partial charge in [-0.05, 0) is 12.5 Å². The van der Waals surface area contributed by atoms with Crippen LogP contribution >= 0.6 is 0 Å². The second-order valence-electron chi connectivity index (χ2n) is 9.40. The number of hydrogen-bond acceptors (Lipinski definition) is 9. The molecule has 10 nitrogen and oxygen atoms in total. The average Bonchev–Trinajstić information content (AvgIpc) is 2.83. The molecule has 0 aromatic carbocycles. The largest absolute Gasteiger partial charge is 0.372 e. The first-order valence-corrected chi connectivity index (χ1v) is 12.2. The summed E-state index contributed by atoms with van der Waals surface area (Å²) >= 11 is 0. The average molecular weight is 511 g/mol. The quantitative estimate of drug-likeness (QED) is 0.468. The summed E-state index contributed by atoms with van der Waals surface area (Å²) in [6.07, 6.45) is 5.38. The number of nitrogens with one attached hydrogen (secondary N) is 2. The van der Waals surface area contributed by atoms with Crippen molar-refractivity contribution in [3.63, 3.8) is 0 Å². The van der Waals surface area contributed by atoms with E-state index in [4.69, 9.17) is 9.72 Å². The van der Waals surface area contributed by atoms with E-state index in [0.29, 0.717) is 47.2 Å². The van der Waals surface area contributed by atoms with E-state index < -0.39 is 11.7 Å². The number of carbonyl (C=O) groups excluding carboxylic acids is 1. The molecule has 3 aromatic rings. The van der Waals surface area contributed by atoms with Gasteiger partial charge < -0.3 is 15.4 Å². The monoisotopic (exact) mass is 510 g/mol. The molecule has 6 rings (SSSR count). The molecular formula is C25H28F2N8O2. The number of alkyl halides is 2. The van der Waals surface area contributed by atoms with Gasteiger partial charge in [0.2, 0.25) is 11.7 Å². The zero-order valence-corrected chi connectivity index (χ0v) is 20.8. The molecule has 0 aliphatic carbocycles. The zero-order valence-electron chi connectivity index (χ0n) is 20.8. The van der Waals surface area contributed by atoms with Gasteiger partial charge in [-0.1, -0.05) is 6.92 Å². The number of carbonyl (C=O) groups is 1. The molecule has 6 heterocycles. The third kappa shape index (κ3) is 5.86. The molecule has 3 aliphatic heterocycles. The summed E-state index contributed by atoms with van der Waals surface area (Å²) in [5, 5.41) is 5.77. The third-order valence-electron chi connectivity index (χ3n) is 6.19.